The van der Waals surface area contributed by atoms with E-state index in [9.17, 15) is 4.79 Å². The van der Waals surface area contributed by atoms with Gasteiger partial charge >= 0.3 is 0 Å². The second kappa shape index (κ2) is 10.3. The predicted octanol–water partition coefficient (Wildman–Crippen LogP) is 3.92. The highest BCUT2D eigenvalue weighted by Gasteiger charge is 2.22. The molecule has 3 aromatic rings. The third-order valence-electron chi connectivity index (χ3n) is 5.96. The summed E-state index contributed by atoms with van der Waals surface area (Å²) in [6.45, 7) is 3.13. The number of likely N-dealkylation sites (tertiary alicyclic amines) is 1. The molecule has 7 nitrogen and oxygen atoms in total. The maximum absolute atomic E-state index is 12.6. The number of piperidine rings is 1. The lowest BCUT2D eigenvalue weighted by atomic mass is 9.96. The number of hydrogen-bond acceptors (Lipinski definition) is 5. The fourth-order valence-corrected chi connectivity index (χ4v) is 4.21. The van der Waals surface area contributed by atoms with Gasteiger partial charge in [-0.05, 0) is 44.0 Å². The third kappa shape index (κ3) is 5.29. The Bertz CT molecular complexity index is 1030. The lowest BCUT2D eigenvalue weighted by molar-refractivity contribution is -0.117. The largest absolute Gasteiger partial charge is 0.497 e. The van der Waals surface area contributed by atoms with E-state index in [0.29, 0.717) is 29.6 Å². The van der Waals surface area contributed by atoms with Gasteiger partial charge in [-0.3, -0.25) is 9.69 Å². The van der Waals surface area contributed by atoms with Crippen LogP contribution in [0.15, 0.2) is 60.9 Å². The molecule has 1 aromatic heterocycles. The Morgan fingerprint density at radius 3 is 2.59 bits per heavy atom. The number of imidazole rings is 1. The first-order valence-electron chi connectivity index (χ1n) is 11.0. The van der Waals surface area contributed by atoms with Gasteiger partial charge in [-0.2, -0.15) is 0 Å². The van der Waals surface area contributed by atoms with Crippen molar-refractivity contribution in [1.82, 2.24) is 14.5 Å². The molecule has 4 rings (SSSR count). The van der Waals surface area contributed by atoms with E-state index in [-0.39, 0.29) is 5.91 Å². The summed E-state index contributed by atoms with van der Waals surface area (Å²) in [5.74, 6) is 2.84. The highest BCUT2D eigenvalue weighted by molar-refractivity contribution is 5.94. The number of amides is 1. The molecule has 2 aromatic carbocycles. The molecule has 1 aliphatic heterocycles. The average Bonchev–Trinajstić information content (AvgIpc) is 3.29. The van der Waals surface area contributed by atoms with E-state index in [1.165, 1.54) is 0 Å². The zero-order valence-electron chi connectivity index (χ0n) is 18.7. The fraction of sp³-hybridized carbons (Fsp3) is 0.360. The van der Waals surface area contributed by atoms with Crippen molar-refractivity contribution in [2.45, 2.75) is 19.4 Å². The topological polar surface area (TPSA) is 68.6 Å². The van der Waals surface area contributed by atoms with E-state index in [2.05, 4.69) is 38.1 Å². The van der Waals surface area contributed by atoms with Gasteiger partial charge in [-0.25, -0.2) is 4.98 Å². The second-order valence-corrected chi connectivity index (χ2v) is 8.10. The molecule has 168 valence electrons. The molecule has 0 unspecified atom stereocenters. The van der Waals surface area contributed by atoms with Gasteiger partial charge in [0.1, 0.15) is 17.3 Å². The number of ether oxygens (including phenoxy) is 2. The highest BCUT2D eigenvalue weighted by atomic mass is 16.5. The lowest BCUT2D eigenvalue weighted by Gasteiger charge is -2.31. The van der Waals surface area contributed by atoms with Crippen LogP contribution in [0.2, 0.25) is 0 Å². The summed E-state index contributed by atoms with van der Waals surface area (Å²) in [6, 6.07) is 15.7. The number of nitrogens with one attached hydrogen (secondary N) is 1. The van der Waals surface area contributed by atoms with E-state index in [0.717, 1.165) is 43.9 Å². The lowest BCUT2D eigenvalue weighted by Crippen LogP contribution is -2.40. The first-order chi connectivity index (χ1) is 15.7. The van der Waals surface area contributed by atoms with Gasteiger partial charge < -0.3 is 19.4 Å². The van der Waals surface area contributed by atoms with Crippen molar-refractivity contribution in [3.8, 4) is 22.9 Å². The van der Waals surface area contributed by atoms with Gasteiger partial charge in [0.2, 0.25) is 5.91 Å². The summed E-state index contributed by atoms with van der Waals surface area (Å²) in [5.41, 5.74) is 1.76. The molecule has 2 heterocycles. The summed E-state index contributed by atoms with van der Waals surface area (Å²) < 4.78 is 12.9. The highest BCUT2D eigenvalue weighted by Crippen LogP contribution is 2.29. The van der Waals surface area contributed by atoms with Gasteiger partial charge in [0.05, 0.1) is 26.5 Å². The molecule has 0 bridgehead atoms. The molecule has 7 heteroatoms. The Morgan fingerprint density at radius 2 is 1.88 bits per heavy atom. The Kier molecular flexibility index (Phi) is 7.07. The van der Waals surface area contributed by atoms with Crippen LogP contribution in [0.25, 0.3) is 11.4 Å². The van der Waals surface area contributed by atoms with Crippen molar-refractivity contribution in [2.75, 3.05) is 39.2 Å². The Morgan fingerprint density at radius 1 is 1.09 bits per heavy atom. The number of rotatable bonds is 8. The summed E-state index contributed by atoms with van der Waals surface area (Å²) in [7, 11) is 3.19. The number of carbonyl (C=O) groups excluding carboxylic acids is 1. The molecule has 0 radical (unpaired) electrons. The number of hydrogen-bond donors (Lipinski definition) is 1. The molecular weight excluding hydrogens is 404 g/mol. The van der Waals surface area contributed by atoms with Gasteiger partial charge in [-0.15, -0.1) is 0 Å². The van der Waals surface area contributed by atoms with Crippen LogP contribution in [0.1, 0.15) is 12.8 Å². The molecule has 0 aliphatic carbocycles. The molecule has 0 spiro atoms. The summed E-state index contributed by atoms with van der Waals surface area (Å²) in [5, 5.41) is 2.96. The van der Waals surface area contributed by atoms with Crippen molar-refractivity contribution in [2.24, 2.45) is 5.92 Å². The number of methoxy groups -OCH3 is 2. The van der Waals surface area contributed by atoms with Crippen LogP contribution in [-0.4, -0.2) is 54.2 Å². The van der Waals surface area contributed by atoms with Crippen LogP contribution >= 0.6 is 0 Å². The summed E-state index contributed by atoms with van der Waals surface area (Å²) in [6.07, 6.45) is 6.04. The second-order valence-electron chi connectivity index (χ2n) is 8.10. The minimum absolute atomic E-state index is 0.0454. The standard InChI is InChI=1S/C25H30N4O3/c1-31-21-8-9-23(32-2)22(16-21)27-24(30)18-28-13-10-19(11-14-28)17-29-15-12-26-25(29)20-6-4-3-5-7-20/h3-9,12,15-16,19H,10-11,13-14,17-18H2,1-2H3,(H,27,30). The van der Waals surface area contributed by atoms with Gasteiger partial charge in [0, 0.05) is 30.6 Å². The first-order valence-corrected chi connectivity index (χ1v) is 11.0. The van der Waals surface area contributed by atoms with Crippen molar-refractivity contribution in [3.63, 3.8) is 0 Å². The van der Waals surface area contributed by atoms with Gasteiger partial charge in [0.15, 0.2) is 0 Å². The minimum atomic E-state index is -0.0454. The average molecular weight is 435 g/mol. The Labute approximate surface area is 189 Å². The number of anilines is 1. The molecule has 1 N–H and O–H groups in total. The Balaban J connectivity index is 1.29. The quantitative estimate of drug-likeness (QED) is 0.582. The molecule has 0 saturated carbocycles. The van der Waals surface area contributed by atoms with Crippen LogP contribution in [-0.2, 0) is 11.3 Å². The van der Waals surface area contributed by atoms with E-state index in [1.807, 2.05) is 30.5 Å². The summed E-state index contributed by atoms with van der Waals surface area (Å²) in [4.78, 5) is 19.4. The predicted molar refractivity (Wildman–Crippen MR) is 125 cm³/mol. The normalized spacial score (nSPS) is 14.8. The molecule has 0 atom stereocenters. The van der Waals surface area contributed by atoms with E-state index < -0.39 is 0 Å². The van der Waals surface area contributed by atoms with E-state index >= 15 is 0 Å². The number of carbonyl (C=O) groups is 1. The molecule has 1 fully saturated rings. The van der Waals surface area contributed by atoms with Crippen molar-refractivity contribution < 1.29 is 14.3 Å². The molecule has 32 heavy (non-hydrogen) atoms. The molecule has 1 amide bonds. The zero-order chi connectivity index (χ0) is 22.3. The molecule has 1 aliphatic rings. The van der Waals surface area contributed by atoms with E-state index in [4.69, 9.17) is 9.47 Å². The molecule has 1 saturated heterocycles. The Hall–Kier alpha value is -3.32. The maximum atomic E-state index is 12.6. The minimum Gasteiger partial charge on any atom is -0.497 e. The fourth-order valence-electron chi connectivity index (χ4n) is 4.21. The SMILES string of the molecule is COc1ccc(OC)c(NC(=O)CN2CCC(Cn3ccnc3-c3ccccc3)CC2)c1. The number of nitrogens with zero attached hydrogens (tertiary/aromatic N) is 3. The van der Waals surface area contributed by atoms with Crippen LogP contribution < -0.4 is 14.8 Å². The van der Waals surface area contributed by atoms with Crippen molar-refractivity contribution >= 4 is 11.6 Å². The van der Waals surface area contributed by atoms with E-state index in [1.54, 1.807) is 26.4 Å². The monoisotopic (exact) mass is 434 g/mol. The zero-order valence-corrected chi connectivity index (χ0v) is 18.7. The number of benzene rings is 2. The van der Waals surface area contributed by atoms with Gasteiger partial charge in [0.25, 0.3) is 0 Å². The third-order valence-corrected chi connectivity index (χ3v) is 5.96. The maximum Gasteiger partial charge on any atom is 0.238 e. The van der Waals surface area contributed by atoms with Crippen molar-refractivity contribution in [1.29, 1.82) is 0 Å². The smallest absolute Gasteiger partial charge is 0.238 e. The van der Waals surface area contributed by atoms with Crippen LogP contribution in [0.5, 0.6) is 11.5 Å². The number of aromatic nitrogens is 2. The molecular formula is C25H30N4O3. The van der Waals surface area contributed by atoms with Crippen LogP contribution in [0, 0.1) is 5.92 Å². The van der Waals surface area contributed by atoms with Crippen LogP contribution in [0.3, 0.4) is 0 Å². The van der Waals surface area contributed by atoms with Crippen LogP contribution in [0.4, 0.5) is 5.69 Å². The first kappa shape index (κ1) is 21.9. The summed E-state index contributed by atoms with van der Waals surface area (Å²) >= 11 is 0. The van der Waals surface area contributed by atoms with Gasteiger partial charge in [-0.1, -0.05) is 30.3 Å². The van der Waals surface area contributed by atoms with Crippen molar-refractivity contribution in [3.05, 3.63) is 60.9 Å².